The fourth-order valence-corrected chi connectivity index (χ4v) is 2.62. The number of aldehydes is 1. The first-order chi connectivity index (χ1) is 13.1. The van der Waals surface area contributed by atoms with Crippen LogP contribution in [0.3, 0.4) is 0 Å². The van der Waals surface area contributed by atoms with Gasteiger partial charge in [-0.3, -0.25) is 4.79 Å². The second kappa shape index (κ2) is 7.21. The SMILES string of the molecule is O=CC1=Cc2ccc(OCc3ccc(C(F)(F)F)cc3C(F)(F)F)cc2OC1. The van der Waals surface area contributed by atoms with Gasteiger partial charge in [0.25, 0.3) is 0 Å². The van der Waals surface area contributed by atoms with Crippen molar-refractivity contribution < 1.29 is 40.6 Å². The number of fused-ring (bicyclic) bond motifs is 1. The van der Waals surface area contributed by atoms with Gasteiger partial charge in [-0.25, -0.2) is 0 Å². The van der Waals surface area contributed by atoms with Gasteiger partial charge in [0.1, 0.15) is 31.0 Å². The van der Waals surface area contributed by atoms with Crippen LogP contribution in [0.25, 0.3) is 6.08 Å². The van der Waals surface area contributed by atoms with E-state index in [0.29, 0.717) is 29.2 Å². The normalized spacial score (nSPS) is 14.0. The molecule has 0 aromatic heterocycles. The molecular weight excluding hydrogens is 390 g/mol. The van der Waals surface area contributed by atoms with Gasteiger partial charge in [-0.15, -0.1) is 0 Å². The second-order valence-electron chi connectivity index (χ2n) is 5.98. The van der Waals surface area contributed by atoms with Crippen molar-refractivity contribution in [3.05, 3.63) is 64.2 Å². The quantitative estimate of drug-likeness (QED) is 0.516. The molecule has 2 aromatic carbocycles. The van der Waals surface area contributed by atoms with E-state index < -0.39 is 35.6 Å². The number of benzene rings is 2. The fourth-order valence-electron chi connectivity index (χ4n) is 2.62. The molecule has 1 heterocycles. The Balaban J connectivity index is 1.83. The van der Waals surface area contributed by atoms with E-state index in [0.717, 1.165) is 6.07 Å². The first-order valence-electron chi connectivity index (χ1n) is 7.90. The predicted molar refractivity (Wildman–Crippen MR) is 86.8 cm³/mol. The zero-order valence-electron chi connectivity index (χ0n) is 14.0. The summed E-state index contributed by atoms with van der Waals surface area (Å²) in [5.41, 5.74) is -2.19. The zero-order valence-corrected chi connectivity index (χ0v) is 14.0. The molecule has 0 bridgehead atoms. The van der Waals surface area contributed by atoms with Crippen molar-refractivity contribution in [2.45, 2.75) is 19.0 Å². The van der Waals surface area contributed by atoms with Gasteiger partial charge in [0.2, 0.25) is 0 Å². The Morgan fingerprint density at radius 1 is 1.00 bits per heavy atom. The molecule has 0 unspecified atom stereocenters. The van der Waals surface area contributed by atoms with E-state index in [1.165, 1.54) is 12.1 Å². The van der Waals surface area contributed by atoms with Crippen LogP contribution in [0, 0.1) is 0 Å². The van der Waals surface area contributed by atoms with Gasteiger partial charge in [0.15, 0.2) is 0 Å². The molecule has 0 fully saturated rings. The van der Waals surface area contributed by atoms with Gasteiger partial charge in [-0.05, 0) is 30.3 Å². The number of halogens is 6. The summed E-state index contributed by atoms with van der Waals surface area (Å²) in [6.45, 7) is -0.529. The van der Waals surface area contributed by atoms with E-state index in [2.05, 4.69) is 0 Å². The Hall–Kier alpha value is -2.97. The average molecular weight is 402 g/mol. The van der Waals surface area contributed by atoms with Gasteiger partial charge >= 0.3 is 12.4 Å². The third-order valence-electron chi connectivity index (χ3n) is 4.01. The van der Waals surface area contributed by atoms with Gasteiger partial charge < -0.3 is 9.47 Å². The van der Waals surface area contributed by atoms with Crippen LogP contribution in [0.1, 0.15) is 22.3 Å². The molecule has 1 aliphatic heterocycles. The third-order valence-corrected chi connectivity index (χ3v) is 4.01. The lowest BCUT2D eigenvalue weighted by atomic mass is 10.0. The van der Waals surface area contributed by atoms with E-state index in [-0.39, 0.29) is 18.4 Å². The molecule has 3 nitrogen and oxygen atoms in total. The molecule has 0 atom stereocenters. The lowest BCUT2D eigenvalue weighted by molar-refractivity contribution is -0.143. The highest BCUT2D eigenvalue weighted by Crippen LogP contribution is 2.38. The predicted octanol–water partition coefficient (Wildman–Crippen LogP) is 5.28. The number of alkyl halides is 6. The van der Waals surface area contributed by atoms with Crippen molar-refractivity contribution in [3.8, 4) is 11.5 Å². The third kappa shape index (κ3) is 4.29. The highest BCUT2D eigenvalue weighted by Gasteiger charge is 2.38. The molecule has 0 N–H and O–H groups in total. The minimum Gasteiger partial charge on any atom is -0.489 e. The number of carbonyl (C=O) groups excluding carboxylic acids is 1. The Morgan fingerprint density at radius 3 is 2.39 bits per heavy atom. The highest BCUT2D eigenvalue weighted by molar-refractivity contribution is 5.84. The maximum atomic E-state index is 13.2. The first kappa shape index (κ1) is 19.8. The molecule has 0 spiro atoms. The summed E-state index contributed by atoms with van der Waals surface area (Å²) in [6, 6.07) is 5.86. The van der Waals surface area contributed by atoms with Gasteiger partial charge in [0, 0.05) is 22.8 Å². The number of hydrogen-bond donors (Lipinski definition) is 0. The molecule has 1 aliphatic rings. The number of ether oxygens (including phenoxy) is 2. The van der Waals surface area contributed by atoms with Crippen LogP contribution in [0.2, 0.25) is 0 Å². The lowest BCUT2D eigenvalue weighted by Crippen LogP contribution is -2.14. The second-order valence-corrected chi connectivity index (χ2v) is 5.98. The Labute approximate surface area is 155 Å². The maximum Gasteiger partial charge on any atom is 0.416 e. The molecule has 0 saturated carbocycles. The minimum atomic E-state index is -4.96. The van der Waals surface area contributed by atoms with Crippen molar-refractivity contribution in [1.29, 1.82) is 0 Å². The van der Waals surface area contributed by atoms with Gasteiger partial charge in [-0.2, -0.15) is 26.3 Å². The molecule has 0 saturated heterocycles. The van der Waals surface area contributed by atoms with Crippen LogP contribution in [-0.4, -0.2) is 12.9 Å². The van der Waals surface area contributed by atoms with Crippen molar-refractivity contribution in [3.63, 3.8) is 0 Å². The molecule has 28 heavy (non-hydrogen) atoms. The van der Waals surface area contributed by atoms with E-state index in [4.69, 9.17) is 9.47 Å². The smallest absolute Gasteiger partial charge is 0.416 e. The number of hydrogen-bond acceptors (Lipinski definition) is 3. The molecule has 9 heteroatoms. The number of rotatable bonds is 4. The Kier molecular flexibility index (Phi) is 5.10. The summed E-state index contributed by atoms with van der Waals surface area (Å²) in [5, 5.41) is 0. The van der Waals surface area contributed by atoms with Crippen LogP contribution in [0.15, 0.2) is 42.0 Å². The molecule has 0 radical (unpaired) electrons. The summed E-state index contributed by atoms with van der Waals surface area (Å²) in [5.74, 6) is 0.557. The van der Waals surface area contributed by atoms with Crippen LogP contribution in [0.5, 0.6) is 11.5 Å². The summed E-state index contributed by atoms with van der Waals surface area (Å²) in [7, 11) is 0. The summed E-state index contributed by atoms with van der Waals surface area (Å²) < 4.78 is 88.3. The van der Waals surface area contributed by atoms with Crippen LogP contribution in [0.4, 0.5) is 26.3 Å². The largest absolute Gasteiger partial charge is 0.489 e. The molecule has 148 valence electrons. The Morgan fingerprint density at radius 2 is 1.75 bits per heavy atom. The molecule has 2 aromatic rings. The van der Waals surface area contributed by atoms with Crippen LogP contribution < -0.4 is 9.47 Å². The minimum absolute atomic E-state index is 0.0527. The molecule has 3 rings (SSSR count). The van der Waals surface area contributed by atoms with E-state index in [1.807, 2.05) is 0 Å². The summed E-state index contributed by atoms with van der Waals surface area (Å²) >= 11 is 0. The molecular formula is C19H12F6O3. The average Bonchev–Trinajstić information content (AvgIpc) is 2.64. The maximum absolute atomic E-state index is 13.2. The van der Waals surface area contributed by atoms with Crippen molar-refractivity contribution >= 4 is 12.4 Å². The first-order valence-corrected chi connectivity index (χ1v) is 7.90. The van der Waals surface area contributed by atoms with E-state index in [1.54, 1.807) is 12.1 Å². The summed E-state index contributed by atoms with van der Waals surface area (Å²) in [4.78, 5) is 10.8. The monoisotopic (exact) mass is 402 g/mol. The number of carbonyl (C=O) groups is 1. The molecule has 0 aliphatic carbocycles. The standard InChI is InChI=1S/C19H12F6O3/c20-18(21,22)14-3-1-13(16(6-14)19(23,24)25)10-27-15-4-2-12-5-11(8-26)9-28-17(12)7-15/h1-8H,9-10H2. The Bertz CT molecular complexity index is 928. The van der Waals surface area contributed by atoms with E-state index in [9.17, 15) is 31.1 Å². The van der Waals surface area contributed by atoms with Gasteiger partial charge in [0.05, 0.1) is 11.1 Å². The molecule has 0 amide bonds. The van der Waals surface area contributed by atoms with Crippen molar-refractivity contribution in [2.75, 3.05) is 6.61 Å². The van der Waals surface area contributed by atoms with Crippen LogP contribution in [-0.2, 0) is 23.8 Å². The summed E-state index contributed by atoms with van der Waals surface area (Å²) in [6.07, 6.45) is -7.60. The zero-order chi connectivity index (χ0) is 20.5. The van der Waals surface area contributed by atoms with Gasteiger partial charge in [-0.1, -0.05) is 6.07 Å². The van der Waals surface area contributed by atoms with Crippen molar-refractivity contribution in [2.24, 2.45) is 0 Å². The lowest BCUT2D eigenvalue weighted by Gasteiger charge is -2.18. The van der Waals surface area contributed by atoms with Crippen LogP contribution >= 0.6 is 0 Å². The highest BCUT2D eigenvalue weighted by atomic mass is 19.4. The van der Waals surface area contributed by atoms with Crippen molar-refractivity contribution in [1.82, 2.24) is 0 Å². The fraction of sp³-hybridized carbons (Fsp3) is 0.211. The topological polar surface area (TPSA) is 35.5 Å². The van der Waals surface area contributed by atoms with E-state index >= 15 is 0 Å².